The summed E-state index contributed by atoms with van der Waals surface area (Å²) in [7, 11) is 0. The molecule has 7 heteroatoms. The minimum absolute atomic E-state index is 0.167. The van der Waals surface area contributed by atoms with Gasteiger partial charge in [0.05, 0.1) is 15.2 Å². The maximum Gasteiger partial charge on any atom is 0.342 e. The molecular weight excluding hydrogens is 388 g/mol. The van der Waals surface area contributed by atoms with E-state index in [2.05, 4.69) is 6.07 Å². The number of aromatic nitrogens is 1. The van der Waals surface area contributed by atoms with Crippen molar-refractivity contribution in [3.8, 4) is 0 Å². The van der Waals surface area contributed by atoms with Crippen molar-refractivity contribution >= 4 is 33.4 Å². The predicted octanol–water partition coefficient (Wildman–Crippen LogP) is 4.38. The third-order valence-corrected chi connectivity index (χ3v) is 6.72. The molecule has 1 amide bonds. The van der Waals surface area contributed by atoms with Crippen LogP contribution in [0, 0.1) is 20.8 Å². The standard InChI is InChI=1S/C22H24N2O4S/c1-13-14(2)28-15(3)20(13)22(26)27-12-19(25)24-10-6-7-16(11-24)21-23-17-8-4-5-9-18(17)29-21/h4-5,8-9,16H,6-7,10-12H2,1-3H3/t16-/m1/s1. The first-order valence-corrected chi connectivity index (χ1v) is 10.6. The molecule has 152 valence electrons. The molecule has 0 unspecified atom stereocenters. The van der Waals surface area contributed by atoms with Gasteiger partial charge in [-0.2, -0.15) is 0 Å². The van der Waals surface area contributed by atoms with Gasteiger partial charge in [-0.15, -0.1) is 11.3 Å². The SMILES string of the molecule is Cc1oc(C)c(C(=O)OCC(=O)N2CCC[C@@H](c3nc4ccccc4s3)C2)c1C. The van der Waals surface area contributed by atoms with Gasteiger partial charge in [-0.3, -0.25) is 4.79 Å². The van der Waals surface area contributed by atoms with E-state index in [1.807, 2.05) is 25.1 Å². The number of likely N-dealkylation sites (tertiary alicyclic amines) is 1. The number of para-hydroxylation sites is 1. The van der Waals surface area contributed by atoms with Crippen molar-refractivity contribution in [2.45, 2.75) is 39.5 Å². The van der Waals surface area contributed by atoms with Crippen molar-refractivity contribution in [1.82, 2.24) is 9.88 Å². The number of benzene rings is 1. The lowest BCUT2D eigenvalue weighted by Gasteiger charge is -2.31. The summed E-state index contributed by atoms with van der Waals surface area (Å²) in [6, 6.07) is 8.09. The molecule has 29 heavy (non-hydrogen) atoms. The minimum Gasteiger partial charge on any atom is -0.465 e. The minimum atomic E-state index is -0.509. The molecular formula is C22H24N2O4S. The smallest absolute Gasteiger partial charge is 0.342 e. The van der Waals surface area contributed by atoms with Gasteiger partial charge in [-0.25, -0.2) is 9.78 Å². The van der Waals surface area contributed by atoms with E-state index in [4.69, 9.17) is 14.1 Å². The summed E-state index contributed by atoms with van der Waals surface area (Å²) < 4.78 is 11.9. The van der Waals surface area contributed by atoms with Crippen LogP contribution in [0.2, 0.25) is 0 Å². The maximum absolute atomic E-state index is 12.7. The number of nitrogens with zero attached hydrogens (tertiary/aromatic N) is 2. The number of esters is 1. The monoisotopic (exact) mass is 412 g/mol. The van der Waals surface area contributed by atoms with Gasteiger partial charge in [-0.05, 0) is 45.7 Å². The molecule has 1 fully saturated rings. The van der Waals surface area contributed by atoms with E-state index in [-0.39, 0.29) is 18.4 Å². The molecule has 0 radical (unpaired) electrons. The highest BCUT2D eigenvalue weighted by Crippen LogP contribution is 2.33. The van der Waals surface area contributed by atoms with Gasteiger partial charge in [0.1, 0.15) is 17.1 Å². The van der Waals surface area contributed by atoms with Crippen LogP contribution in [0.3, 0.4) is 0 Å². The average Bonchev–Trinajstić information content (AvgIpc) is 3.26. The second-order valence-electron chi connectivity index (χ2n) is 7.49. The normalized spacial score (nSPS) is 16.9. The first kappa shape index (κ1) is 19.6. The highest BCUT2D eigenvalue weighted by atomic mass is 32.1. The average molecular weight is 413 g/mol. The number of thiazole rings is 1. The van der Waals surface area contributed by atoms with Crippen LogP contribution in [-0.2, 0) is 9.53 Å². The summed E-state index contributed by atoms with van der Waals surface area (Å²) in [4.78, 5) is 31.6. The van der Waals surface area contributed by atoms with Gasteiger partial charge < -0.3 is 14.1 Å². The van der Waals surface area contributed by atoms with E-state index in [0.29, 0.717) is 30.2 Å². The van der Waals surface area contributed by atoms with E-state index in [0.717, 1.165) is 28.9 Å². The molecule has 0 aliphatic carbocycles. The van der Waals surface area contributed by atoms with Crippen molar-refractivity contribution in [3.05, 3.63) is 51.9 Å². The van der Waals surface area contributed by atoms with Crippen LogP contribution >= 0.6 is 11.3 Å². The summed E-state index contributed by atoms with van der Waals surface area (Å²) in [6.45, 7) is 6.39. The first-order valence-electron chi connectivity index (χ1n) is 9.81. The summed E-state index contributed by atoms with van der Waals surface area (Å²) in [6.07, 6.45) is 1.93. The quantitative estimate of drug-likeness (QED) is 0.595. The van der Waals surface area contributed by atoms with Gasteiger partial charge in [0, 0.05) is 24.6 Å². The van der Waals surface area contributed by atoms with Crippen molar-refractivity contribution in [1.29, 1.82) is 0 Å². The second kappa shape index (κ2) is 7.99. The van der Waals surface area contributed by atoms with E-state index >= 15 is 0 Å². The van der Waals surface area contributed by atoms with Crippen LogP contribution in [0.1, 0.15) is 51.2 Å². The number of piperidine rings is 1. The third-order valence-electron chi connectivity index (χ3n) is 5.53. The molecule has 1 aliphatic heterocycles. The fourth-order valence-electron chi connectivity index (χ4n) is 3.85. The maximum atomic E-state index is 12.7. The van der Waals surface area contributed by atoms with E-state index in [1.54, 1.807) is 30.1 Å². The molecule has 4 rings (SSSR count). The lowest BCUT2D eigenvalue weighted by Crippen LogP contribution is -2.41. The number of amides is 1. The van der Waals surface area contributed by atoms with Gasteiger partial charge in [0.15, 0.2) is 6.61 Å². The predicted molar refractivity (Wildman–Crippen MR) is 111 cm³/mol. The second-order valence-corrected chi connectivity index (χ2v) is 8.55. The third kappa shape index (κ3) is 3.92. The fourth-order valence-corrected chi connectivity index (χ4v) is 4.95. The van der Waals surface area contributed by atoms with E-state index in [9.17, 15) is 9.59 Å². The molecule has 3 heterocycles. The van der Waals surface area contributed by atoms with Crippen LogP contribution in [0.25, 0.3) is 10.2 Å². The zero-order valence-corrected chi connectivity index (χ0v) is 17.7. The van der Waals surface area contributed by atoms with Crippen molar-refractivity contribution in [3.63, 3.8) is 0 Å². The summed E-state index contributed by atoms with van der Waals surface area (Å²) in [5.74, 6) is 0.758. The van der Waals surface area contributed by atoms with E-state index < -0.39 is 5.97 Å². The van der Waals surface area contributed by atoms with Crippen molar-refractivity contribution in [2.75, 3.05) is 19.7 Å². The molecule has 0 saturated carbocycles. The van der Waals surface area contributed by atoms with Gasteiger partial charge in [-0.1, -0.05) is 12.1 Å². The molecule has 3 aromatic rings. The Morgan fingerprint density at radius 2 is 2.03 bits per heavy atom. The Kier molecular flexibility index (Phi) is 5.41. The summed E-state index contributed by atoms with van der Waals surface area (Å²) in [5.41, 5.74) is 2.18. The molecule has 2 aromatic heterocycles. The molecule has 1 atom stereocenters. The number of aryl methyl sites for hydroxylation is 2. The summed E-state index contributed by atoms with van der Waals surface area (Å²) in [5, 5.41) is 1.07. The van der Waals surface area contributed by atoms with E-state index in [1.165, 1.54) is 4.70 Å². The summed E-state index contributed by atoms with van der Waals surface area (Å²) >= 11 is 1.69. The molecule has 0 N–H and O–H groups in total. The fraction of sp³-hybridized carbons (Fsp3) is 0.409. The zero-order valence-electron chi connectivity index (χ0n) is 16.9. The number of rotatable bonds is 4. The lowest BCUT2D eigenvalue weighted by molar-refractivity contribution is -0.135. The largest absolute Gasteiger partial charge is 0.465 e. The Morgan fingerprint density at radius 3 is 2.76 bits per heavy atom. The van der Waals surface area contributed by atoms with Gasteiger partial charge in [0.2, 0.25) is 0 Å². The number of furan rings is 1. The van der Waals surface area contributed by atoms with Gasteiger partial charge in [0.25, 0.3) is 5.91 Å². The number of carbonyl (C=O) groups excluding carboxylic acids is 2. The van der Waals surface area contributed by atoms with Crippen LogP contribution < -0.4 is 0 Å². The van der Waals surface area contributed by atoms with Crippen LogP contribution in [0.4, 0.5) is 0 Å². The first-order chi connectivity index (χ1) is 13.9. The molecule has 0 bridgehead atoms. The molecule has 1 aliphatic rings. The Morgan fingerprint density at radius 1 is 1.24 bits per heavy atom. The molecule has 1 aromatic carbocycles. The van der Waals surface area contributed by atoms with Crippen molar-refractivity contribution in [2.24, 2.45) is 0 Å². The number of carbonyl (C=O) groups is 2. The lowest BCUT2D eigenvalue weighted by atomic mass is 9.99. The molecule has 0 spiro atoms. The number of ether oxygens (including phenoxy) is 1. The zero-order chi connectivity index (χ0) is 20.5. The Labute approximate surface area is 173 Å². The number of hydrogen-bond donors (Lipinski definition) is 0. The molecule has 1 saturated heterocycles. The topological polar surface area (TPSA) is 72.6 Å². The van der Waals surface area contributed by atoms with Crippen LogP contribution in [-0.4, -0.2) is 41.5 Å². The molecule has 6 nitrogen and oxygen atoms in total. The highest BCUT2D eigenvalue weighted by molar-refractivity contribution is 7.18. The Hall–Kier alpha value is -2.67. The Bertz CT molecular complexity index is 1040. The number of hydrogen-bond acceptors (Lipinski definition) is 6. The Balaban J connectivity index is 1.39. The number of fused-ring (bicyclic) bond motifs is 1. The van der Waals surface area contributed by atoms with Crippen LogP contribution in [0.5, 0.6) is 0 Å². The highest BCUT2D eigenvalue weighted by Gasteiger charge is 2.28. The van der Waals surface area contributed by atoms with Crippen molar-refractivity contribution < 1.29 is 18.7 Å². The van der Waals surface area contributed by atoms with Crippen LogP contribution in [0.15, 0.2) is 28.7 Å². The van der Waals surface area contributed by atoms with Gasteiger partial charge >= 0.3 is 5.97 Å².